The van der Waals surface area contributed by atoms with E-state index < -0.39 is 0 Å². The number of nitrogens with zero attached hydrogens (tertiary/aromatic N) is 5. The highest BCUT2D eigenvalue weighted by Gasteiger charge is 2.22. The first kappa shape index (κ1) is 16.4. The molecule has 0 aliphatic rings. The normalized spacial score (nSPS) is 11.8. The van der Waals surface area contributed by atoms with Crippen LogP contribution in [-0.4, -0.2) is 23.1 Å². The van der Waals surface area contributed by atoms with Crippen molar-refractivity contribution >= 4 is 16.9 Å². The first-order chi connectivity index (χ1) is 12.2. The first-order valence-electron chi connectivity index (χ1n) is 8.47. The van der Waals surface area contributed by atoms with E-state index in [4.69, 9.17) is 0 Å². The Labute approximate surface area is 149 Å². The SMILES string of the molecule is Cc1ccc(C)c(-n2c(C)c(C)n3c4c(=O)n(C)c(=O)n(C)c4nc23)c1. The van der Waals surface area contributed by atoms with Crippen molar-refractivity contribution in [3.8, 4) is 5.69 Å². The summed E-state index contributed by atoms with van der Waals surface area (Å²) in [6.45, 7) is 8.09. The third kappa shape index (κ3) is 1.91. The zero-order valence-electron chi connectivity index (χ0n) is 15.8. The van der Waals surface area contributed by atoms with Crippen LogP contribution < -0.4 is 11.2 Å². The topological polar surface area (TPSA) is 66.2 Å². The lowest BCUT2D eigenvalue weighted by Gasteiger charge is -2.11. The number of aryl methyl sites for hydroxylation is 4. The molecular formula is C19H21N5O2. The molecule has 0 radical (unpaired) electrons. The molecule has 0 amide bonds. The van der Waals surface area contributed by atoms with E-state index in [-0.39, 0.29) is 11.2 Å². The molecule has 0 unspecified atom stereocenters. The van der Waals surface area contributed by atoms with E-state index in [1.54, 1.807) is 7.05 Å². The van der Waals surface area contributed by atoms with E-state index >= 15 is 0 Å². The average Bonchev–Trinajstić information content (AvgIpc) is 3.10. The maximum Gasteiger partial charge on any atom is 0.332 e. The van der Waals surface area contributed by atoms with E-state index in [0.717, 1.165) is 32.8 Å². The average molecular weight is 351 g/mol. The molecular weight excluding hydrogens is 330 g/mol. The largest absolute Gasteiger partial charge is 0.332 e. The number of rotatable bonds is 1. The minimum Gasteiger partial charge on any atom is -0.282 e. The molecule has 0 bridgehead atoms. The van der Waals surface area contributed by atoms with Gasteiger partial charge in [-0.1, -0.05) is 12.1 Å². The Morgan fingerprint density at radius 2 is 1.62 bits per heavy atom. The lowest BCUT2D eigenvalue weighted by molar-refractivity contribution is 0.707. The summed E-state index contributed by atoms with van der Waals surface area (Å²) < 4.78 is 6.46. The standard InChI is InChI=1S/C19H21N5O2/c1-10-7-8-11(2)14(9-10)23-12(3)13(4)24-15-16(20-18(23)24)21(5)19(26)22(6)17(15)25/h7-9H,1-6H3. The van der Waals surface area contributed by atoms with Crippen molar-refractivity contribution in [3.05, 3.63) is 61.6 Å². The van der Waals surface area contributed by atoms with Crippen LogP contribution in [0.25, 0.3) is 22.6 Å². The maximum absolute atomic E-state index is 12.8. The summed E-state index contributed by atoms with van der Waals surface area (Å²) in [5.41, 5.74) is 5.34. The second-order valence-corrected chi connectivity index (χ2v) is 6.92. The molecule has 0 saturated carbocycles. The van der Waals surface area contributed by atoms with Gasteiger partial charge in [0.1, 0.15) is 0 Å². The first-order valence-corrected chi connectivity index (χ1v) is 8.47. The predicted molar refractivity (Wildman–Crippen MR) is 101 cm³/mol. The van der Waals surface area contributed by atoms with Crippen molar-refractivity contribution < 1.29 is 0 Å². The molecule has 0 saturated heterocycles. The molecule has 0 N–H and O–H groups in total. The summed E-state index contributed by atoms with van der Waals surface area (Å²) in [6, 6.07) is 6.26. The highest BCUT2D eigenvalue weighted by molar-refractivity contribution is 5.77. The number of imidazole rings is 2. The van der Waals surface area contributed by atoms with Gasteiger partial charge < -0.3 is 0 Å². The highest BCUT2D eigenvalue weighted by Crippen LogP contribution is 2.26. The lowest BCUT2D eigenvalue weighted by Crippen LogP contribution is -2.37. The van der Waals surface area contributed by atoms with Gasteiger partial charge in [-0.25, -0.2) is 4.79 Å². The van der Waals surface area contributed by atoms with Crippen LogP contribution in [-0.2, 0) is 14.1 Å². The quantitative estimate of drug-likeness (QED) is 0.526. The molecule has 134 valence electrons. The fourth-order valence-corrected chi connectivity index (χ4v) is 3.57. The van der Waals surface area contributed by atoms with Crippen LogP contribution in [0.1, 0.15) is 22.5 Å². The number of aromatic nitrogens is 5. The summed E-state index contributed by atoms with van der Waals surface area (Å²) in [7, 11) is 3.13. The Morgan fingerprint density at radius 3 is 2.31 bits per heavy atom. The van der Waals surface area contributed by atoms with E-state index in [0.29, 0.717) is 16.9 Å². The van der Waals surface area contributed by atoms with E-state index in [9.17, 15) is 9.59 Å². The van der Waals surface area contributed by atoms with Gasteiger partial charge in [-0.05, 0) is 44.9 Å². The molecule has 1 aromatic carbocycles. The molecule has 7 heteroatoms. The maximum atomic E-state index is 12.8. The van der Waals surface area contributed by atoms with Crippen LogP contribution in [0.4, 0.5) is 0 Å². The van der Waals surface area contributed by atoms with Gasteiger partial charge in [-0.2, -0.15) is 4.98 Å². The molecule has 26 heavy (non-hydrogen) atoms. The van der Waals surface area contributed by atoms with Crippen LogP contribution in [0.15, 0.2) is 27.8 Å². The van der Waals surface area contributed by atoms with Crippen molar-refractivity contribution in [1.29, 1.82) is 0 Å². The molecule has 0 aliphatic heterocycles. The number of hydrogen-bond acceptors (Lipinski definition) is 3. The van der Waals surface area contributed by atoms with Gasteiger partial charge in [0, 0.05) is 25.5 Å². The number of benzene rings is 1. The third-order valence-corrected chi connectivity index (χ3v) is 5.24. The van der Waals surface area contributed by atoms with Gasteiger partial charge in [-0.3, -0.25) is 22.9 Å². The zero-order valence-corrected chi connectivity index (χ0v) is 15.8. The van der Waals surface area contributed by atoms with Gasteiger partial charge in [0.15, 0.2) is 11.2 Å². The molecule has 0 atom stereocenters. The van der Waals surface area contributed by atoms with E-state index in [1.807, 2.05) is 25.2 Å². The van der Waals surface area contributed by atoms with Gasteiger partial charge in [-0.15, -0.1) is 0 Å². The van der Waals surface area contributed by atoms with Gasteiger partial charge in [0.2, 0.25) is 5.78 Å². The van der Waals surface area contributed by atoms with Crippen LogP contribution in [0.5, 0.6) is 0 Å². The molecule has 4 aromatic rings. The molecule has 4 rings (SSSR count). The van der Waals surface area contributed by atoms with Gasteiger partial charge >= 0.3 is 5.69 Å². The Morgan fingerprint density at radius 1 is 0.923 bits per heavy atom. The minimum absolute atomic E-state index is 0.336. The highest BCUT2D eigenvalue weighted by atomic mass is 16.2. The van der Waals surface area contributed by atoms with Crippen LogP contribution in [0.3, 0.4) is 0 Å². The van der Waals surface area contributed by atoms with E-state index in [2.05, 4.69) is 34.7 Å². The Kier molecular flexibility index (Phi) is 3.28. The van der Waals surface area contributed by atoms with Gasteiger partial charge in [0.05, 0.1) is 5.69 Å². The molecule has 3 heterocycles. The number of hydrogen-bond donors (Lipinski definition) is 0. The Balaban J connectivity index is 2.28. The fraction of sp³-hybridized carbons (Fsp3) is 0.316. The van der Waals surface area contributed by atoms with Crippen LogP contribution >= 0.6 is 0 Å². The molecule has 7 nitrogen and oxygen atoms in total. The van der Waals surface area contributed by atoms with E-state index in [1.165, 1.54) is 11.6 Å². The molecule has 0 fully saturated rings. The molecule has 3 aromatic heterocycles. The second-order valence-electron chi connectivity index (χ2n) is 6.92. The van der Waals surface area contributed by atoms with Crippen molar-refractivity contribution in [2.24, 2.45) is 14.1 Å². The zero-order chi connectivity index (χ0) is 18.9. The van der Waals surface area contributed by atoms with Crippen molar-refractivity contribution in [2.45, 2.75) is 27.7 Å². The minimum atomic E-state index is -0.379. The summed E-state index contributed by atoms with van der Waals surface area (Å²) in [6.07, 6.45) is 0. The summed E-state index contributed by atoms with van der Waals surface area (Å²) in [5, 5.41) is 0. The summed E-state index contributed by atoms with van der Waals surface area (Å²) in [4.78, 5) is 29.7. The fourth-order valence-electron chi connectivity index (χ4n) is 3.57. The van der Waals surface area contributed by atoms with Crippen molar-refractivity contribution in [1.82, 2.24) is 23.1 Å². The third-order valence-electron chi connectivity index (χ3n) is 5.24. The summed E-state index contributed by atoms with van der Waals surface area (Å²) in [5.74, 6) is 0.641. The van der Waals surface area contributed by atoms with Crippen molar-refractivity contribution in [3.63, 3.8) is 0 Å². The smallest absolute Gasteiger partial charge is 0.282 e. The number of fused-ring (bicyclic) bond motifs is 3. The van der Waals surface area contributed by atoms with Crippen LogP contribution in [0.2, 0.25) is 0 Å². The lowest BCUT2D eigenvalue weighted by atomic mass is 10.1. The van der Waals surface area contributed by atoms with Crippen molar-refractivity contribution in [2.75, 3.05) is 0 Å². The Bertz CT molecular complexity index is 1330. The predicted octanol–water partition coefficient (Wildman–Crippen LogP) is 1.91. The van der Waals surface area contributed by atoms with Gasteiger partial charge in [0.25, 0.3) is 5.56 Å². The molecule has 0 aliphatic carbocycles. The van der Waals surface area contributed by atoms with Crippen LogP contribution in [0, 0.1) is 27.7 Å². The molecule has 0 spiro atoms. The monoisotopic (exact) mass is 351 g/mol. The second kappa shape index (κ2) is 5.20. The summed E-state index contributed by atoms with van der Waals surface area (Å²) >= 11 is 0. The Hall–Kier alpha value is -3.09.